The van der Waals surface area contributed by atoms with Crippen LogP contribution in [0, 0.1) is 0 Å². The number of hydrogen-bond acceptors (Lipinski definition) is 4. The normalized spacial score (nSPS) is 17.4. The number of aromatic nitrogens is 1. The molecule has 27 heavy (non-hydrogen) atoms. The second-order valence-corrected chi connectivity index (χ2v) is 8.30. The highest BCUT2D eigenvalue weighted by molar-refractivity contribution is 7.18. The average Bonchev–Trinajstić information content (AvgIpc) is 3.31. The third-order valence-corrected chi connectivity index (χ3v) is 6.53. The molecule has 0 spiro atoms. The van der Waals surface area contributed by atoms with Crippen LogP contribution in [0.2, 0.25) is 5.02 Å². The fraction of sp³-hybridized carbons (Fsp3) is 0.333. The SMILES string of the molecule is O=C(CCN1CCCC1c1nc2ccccc2s1)NCc1ccccc1Cl. The number of carbonyl (C=O) groups excluding carboxylic acids is 1. The molecule has 1 N–H and O–H groups in total. The molecule has 0 bridgehead atoms. The summed E-state index contributed by atoms with van der Waals surface area (Å²) in [5.41, 5.74) is 2.02. The predicted molar refractivity (Wildman–Crippen MR) is 111 cm³/mol. The molecule has 3 aromatic rings. The first-order chi connectivity index (χ1) is 13.2. The molecule has 1 aliphatic rings. The highest BCUT2D eigenvalue weighted by Gasteiger charge is 2.28. The van der Waals surface area contributed by atoms with Crippen LogP contribution in [0.1, 0.15) is 35.9 Å². The Morgan fingerprint density at radius 1 is 1.22 bits per heavy atom. The largest absolute Gasteiger partial charge is 0.352 e. The van der Waals surface area contributed by atoms with E-state index in [9.17, 15) is 4.79 Å². The Labute approximate surface area is 168 Å². The summed E-state index contributed by atoms with van der Waals surface area (Å²) < 4.78 is 1.23. The summed E-state index contributed by atoms with van der Waals surface area (Å²) in [6, 6.07) is 16.2. The molecule has 1 aromatic heterocycles. The minimum Gasteiger partial charge on any atom is -0.352 e. The summed E-state index contributed by atoms with van der Waals surface area (Å²) >= 11 is 7.92. The Morgan fingerprint density at radius 2 is 2.04 bits per heavy atom. The first-order valence-electron chi connectivity index (χ1n) is 9.30. The second kappa shape index (κ2) is 8.38. The first kappa shape index (κ1) is 18.4. The van der Waals surface area contributed by atoms with Crippen LogP contribution < -0.4 is 5.32 Å². The number of para-hydroxylation sites is 1. The first-order valence-corrected chi connectivity index (χ1v) is 10.5. The summed E-state index contributed by atoms with van der Waals surface area (Å²) in [5, 5.41) is 4.84. The minimum atomic E-state index is 0.0601. The van der Waals surface area contributed by atoms with Crippen molar-refractivity contribution in [1.29, 1.82) is 0 Å². The molecule has 4 rings (SSSR count). The van der Waals surface area contributed by atoms with Crippen LogP contribution >= 0.6 is 22.9 Å². The maximum atomic E-state index is 12.3. The van der Waals surface area contributed by atoms with Crippen molar-refractivity contribution >= 4 is 39.1 Å². The number of benzene rings is 2. The van der Waals surface area contributed by atoms with Crippen LogP contribution in [0.4, 0.5) is 0 Å². The number of hydrogen-bond donors (Lipinski definition) is 1. The summed E-state index contributed by atoms with van der Waals surface area (Å²) in [7, 11) is 0. The molecule has 1 aliphatic heterocycles. The molecule has 2 heterocycles. The van der Waals surface area contributed by atoms with Gasteiger partial charge < -0.3 is 5.32 Å². The van der Waals surface area contributed by atoms with E-state index in [1.165, 1.54) is 9.71 Å². The Bertz CT molecular complexity index is 909. The van der Waals surface area contributed by atoms with Gasteiger partial charge in [-0.3, -0.25) is 9.69 Å². The standard InChI is InChI=1S/C21H22ClN3OS/c22-16-7-2-1-6-15(16)14-23-20(26)11-13-25-12-5-9-18(25)21-24-17-8-3-4-10-19(17)27-21/h1-4,6-8,10,18H,5,9,11-14H2,(H,23,26). The molecule has 140 valence electrons. The van der Waals surface area contributed by atoms with Crippen molar-refractivity contribution in [2.45, 2.75) is 31.8 Å². The van der Waals surface area contributed by atoms with E-state index >= 15 is 0 Å². The third-order valence-electron chi connectivity index (χ3n) is 5.02. The van der Waals surface area contributed by atoms with Gasteiger partial charge in [-0.15, -0.1) is 11.3 Å². The number of nitrogens with zero attached hydrogens (tertiary/aromatic N) is 2. The summed E-state index contributed by atoms with van der Waals surface area (Å²) in [6.45, 7) is 2.26. The van der Waals surface area contributed by atoms with Gasteiger partial charge in [0.2, 0.25) is 5.91 Å². The van der Waals surface area contributed by atoms with Gasteiger partial charge in [0.1, 0.15) is 5.01 Å². The average molecular weight is 400 g/mol. The maximum absolute atomic E-state index is 12.3. The molecule has 1 unspecified atom stereocenters. The summed E-state index contributed by atoms with van der Waals surface area (Å²) in [4.78, 5) is 19.5. The lowest BCUT2D eigenvalue weighted by Gasteiger charge is -2.22. The van der Waals surface area contributed by atoms with E-state index in [2.05, 4.69) is 28.4 Å². The van der Waals surface area contributed by atoms with Crippen LogP contribution in [-0.4, -0.2) is 28.9 Å². The molecule has 0 radical (unpaired) electrons. The van der Waals surface area contributed by atoms with Gasteiger partial charge in [0.25, 0.3) is 0 Å². The van der Waals surface area contributed by atoms with E-state index in [0.717, 1.165) is 37.0 Å². The van der Waals surface area contributed by atoms with Crippen LogP contribution in [0.25, 0.3) is 10.2 Å². The van der Waals surface area contributed by atoms with Crippen molar-refractivity contribution in [1.82, 2.24) is 15.2 Å². The number of rotatable bonds is 6. The number of amides is 1. The fourth-order valence-corrected chi connectivity index (χ4v) is 4.91. The molecular weight excluding hydrogens is 378 g/mol. The Hall–Kier alpha value is -1.95. The van der Waals surface area contributed by atoms with Crippen molar-refractivity contribution in [2.24, 2.45) is 0 Å². The molecule has 1 saturated heterocycles. The van der Waals surface area contributed by atoms with Crippen molar-refractivity contribution in [3.8, 4) is 0 Å². The highest BCUT2D eigenvalue weighted by Crippen LogP contribution is 2.36. The van der Waals surface area contributed by atoms with Crippen molar-refractivity contribution in [3.05, 3.63) is 64.1 Å². The summed E-state index contributed by atoms with van der Waals surface area (Å²) in [5.74, 6) is 0.0601. The van der Waals surface area contributed by atoms with Crippen molar-refractivity contribution in [2.75, 3.05) is 13.1 Å². The van der Waals surface area contributed by atoms with Crippen molar-refractivity contribution in [3.63, 3.8) is 0 Å². The van der Waals surface area contributed by atoms with Gasteiger partial charge in [0.05, 0.1) is 16.3 Å². The molecule has 2 aromatic carbocycles. The minimum absolute atomic E-state index is 0.0601. The number of carbonyl (C=O) groups is 1. The van der Waals surface area contributed by atoms with Gasteiger partial charge in [0, 0.05) is 24.5 Å². The third kappa shape index (κ3) is 4.32. The highest BCUT2D eigenvalue weighted by atomic mass is 35.5. The van der Waals surface area contributed by atoms with Crippen LogP contribution in [0.5, 0.6) is 0 Å². The van der Waals surface area contributed by atoms with Gasteiger partial charge in [-0.05, 0) is 43.1 Å². The van der Waals surface area contributed by atoms with E-state index in [-0.39, 0.29) is 5.91 Å². The van der Waals surface area contributed by atoms with Gasteiger partial charge in [-0.2, -0.15) is 0 Å². The number of thiazole rings is 1. The monoisotopic (exact) mass is 399 g/mol. The van der Waals surface area contributed by atoms with Gasteiger partial charge in [0.15, 0.2) is 0 Å². The maximum Gasteiger partial charge on any atom is 0.221 e. The quantitative estimate of drug-likeness (QED) is 0.648. The summed E-state index contributed by atoms with van der Waals surface area (Å²) in [6.07, 6.45) is 2.76. The molecule has 4 nitrogen and oxygen atoms in total. The second-order valence-electron chi connectivity index (χ2n) is 6.83. The van der Waals surface area contributed by atoms with E-state index in [0.29, 0.717) is 24.0 Å². The van der Waals surface area contributed by atoms with Crippen LogP contribution in [0.3, 0.4) is 0 Å². The molecule has 6 heteroatoms. The topological polar surface area (TPSA) is 45.2 Å². The number of halogens is 1. The zero-order valence-electron chi connectivity index (χ0n) is 15.0. The lowest BCUT2D eigenvalue weighted by Crippen LogP contribution is -2.30. The smallest absolute Gasteiger partial charge is 0.221 e. The van der Waals surface area contributed by atoms with Gasteiger partial charge >= 0.3 is 0 Å². The molecule has 1 amide bonds. The predicted octanol–water partition coefficient (Wildman–Crippen LogP) is 4.79. The fourth-order valence-electron chi connectivity index (χ4n) is 3.58. The van der Waals surface area contributed by atoms with E-state index in [4.69, 9.17) is 16.6 Å². The zero-order chi connectivity index (χ0) is 18.6. The number of nitrogens with one attached hydrogen (secondary N) is 1. The van der Waals surface area contributed by atoms with Gasteiger partial charge in [-0.25, -0.2) is 4.98 Å². The Kier molecular flexibility index (Phi) is 5.72. The Morgan fingerprint density at radius 3 is 2.89 bits per heavy atom. The molecular formula is C21H22ClN3OS. The van der Waals surface area contributed by atoms with Crippen LogP contribution in [0.15, 0.2) is 48.5 Å². The molecule has 1 fully saturated rings. The molecule has 0 saturated carbocycles. The molecule has 1 atom stereocenters. The van der Waals surface area contributed by atoms with Gasteiger partial charge in [-0.1, -0.05) is 41.9 Å². The Balaban J connectivity index is 1.33. The van der Waals surface area contributed by atoms with E-state index in [1.807, 2.05) is 30.3 Å². The van der Waals surface area contributed by atoms with Crippen molar-refractivity contribution < 1.29 is 4.79 Å². The number of likely N-dealkylation sites (tertiary alicyclic amines) is 1. The zero-order valence-corrected chi connectivity index (χ0v) is 16.6. The van der Waals surface area contributed by atoms with Crippen LogP contribution in [-0.2, 0) is 11.3 Å². The molecule has 0 aliphatic carbocycles. The lowest BCUT2D eigenvalue weighted by molar-refractivity contribution is -0.121. The van der Waals surface area contributed by atoms with E-state index in [1.54, 1.807) is 11.3 Å². The van der Waals surface area contributed by atoms with E-state index < -0.39 is 0 Å². The number of fused-ring (bicyclic) bond motifs is 1. The lowest BCUT2D eigenvalue weighted by atomic mass is 10.2.